The number of aliphatic carboxylic acids is 2. The van der Waals surface area contributed by atoms with E-state index in [4.69, 9.17) is 5.73 Å². The lowest BCUT2D eigenvalue weighted by atomic mass is 10.0. The van der Waals surface area contributed by atoms with Crippen LogP contribution < -0.4 is 21.7 Å². The number of aromatic amines is 1. The van der Waals surface area contributed by atoms with E-state index in [0.29, 0.717) is 39.3 Å². The van der Waals surface area contributed by atoms with E-state index >= 15 is 0 Å². The monoisotopic (exact) mass is 636 g/mol. The Morgan fingerprint density at radius 1 is 0.800 bits per heavy atom. The van der Waals surface area contributed by atoms with Gasteiger partial charge in [0.1, 0.15) is 12.1 Å². The molecule has 1 fully saturated rings. The van der Waals surface area contributed by atoms with Crippen molar-refractivity contribution < 1.29 is 44.1 Å². The topological polar surface area (TPSA) is 251 Å². The van der Waals surface area contributed by atoms with Gasteiger partial charge in [0.2, 0.25) is 23.6 Å². The number of benzene rings is 1. The predicted molar refractivity (Wildman–Crippen MR) is 160 cm³/mol. The van der Waals surface area contributed by atoms with E-state index in [1.165, 1.54) is 0 Å². The average Bonchev–Trinajstić information content (AvgIpc) is 3.42. The van der Waals surface area contributed by atoms with Crippen LogP contribution in [0.4, 0.5) is 0 Å². The van der Waals surface area contributed by atoms with Crippen molar-refractivity contribution in [2.75, 3.05) is 72.1 Å². The molecule has 0 spiro atoms. The standard InChI is InChI=1S/C28H40N8O9/c29-27(44)21(11-18-12-30-20-4-2-1-3-19(18)20)32-23(38)13-31-28(45)22(17-37)33-24(39)14-34-5-7-35(15-25(40)41)9-10-36(8-6-34)16-26(42)43/h1-4,12,21-22,30,37H,5-11,13-17H2,(H2,29,44)(H,31,45)(H,32,38)(H,33,39)(H,40,41)(H,42,43)/t21-,22?/m0/s1/i17+1,22+1,28+1,33+1. The number of fused-ring (bicyclic) bond motifs is 1. The number of nitrogens with one attached hydrogen (secondary N) is 4. The van der Waals surface area contributed by atoms with Gasteiger partial charge in [0.15, 0.2) is 0 Å². The Hall–Kier alpha value is -4.58. The Balaban J connectivity index is 1.51. The van der Waals surface area contributed by atoms with Crippen molar-refractivity contribution in [1.82, 2.24) is 35.6 Å². The van der Waals surface area contributed by atoms with E-state index in [1.807, 2.05) is 24.3 Å². The number of carboxylic acid groups (broad SMARTS) is 2. The van der Waals surface area contributed by atoms with E-state index < -0.39 is 60.8 Å². The Bertz CT molecular complexity index is 1340. The SMILES string of the molecule is NC(=O)[C@H](Cc1c[nH]c2ccccc12)NC(=O)CN[13C](=O)[13CH]([13CH2]O)[15NH]C(=O)CN1CCN(CC(=O)O)CCN(CC(=O)O)CC1. The highest BCUT2D eigenvalue weighted by Gasteiger charge is 2.25. The van der Waals surface area contributed by atoms with E-state index in [9.17, 15) is 44.1 Å². The molecule has 1 aromatic heterocycles. The Morgan fingerprint density at radius 3 is 1.87 bits per heavy atom. The quantitative estimate of drug-likeness (QED) is 0.0697. The second-order valence-corrected chi connectivity index (χ2v) is 10.7. The van der Waals surface area contributed by atoms with Crippen LogP contribution in [-0.4, -0.2) is 155 Å². The third kappa shape index (κ3) is 11.5. The smallest absolute Gasteiger partial charge is 0.317 e. The fourth-order valence-corrected chi connectivity index (χ4v) is 4.96. The first-order valence-corrected chi connectivity index (χ1v) is 14.4. The fourth-order valence-electron chi connectivity index (χ4n) is 4.96. The summed E-state index contributed by atoms with van der Waals surface area (Å²) >= 11 is 0. The van der Waals surface area contributed by atoms with Crippen molar-refractivity contribution in [2.45, 2.75) is 18.5 Å². The molecule has 0 radical (unpaired) electrons. The van der Waals surface area contributed by atoms with Crippen molar-refractivity contribution in [1.29, 1.82) is 0 Å². The second-order valence-electron chi connectivity index (χ2n) is 10.7. The Labute approximate surface area is 258 Å². The first-order chi connectivity index (χ1) is 21.4. The number of aromatic nitrogens is 1. The summed E-state index contributed by atoms with van der Waals surface area (Å²) in [6, 6.07) is 4.99. The number of aliphatic hydroxyl groups excluding tert-OH is 1. The zero-order valence-electron chi connectivity index (χ0n) is 24.7. The largest absolute Gasteiger partial charge is 0.480 e. The van der Waals surface area contributed by atoms with Gasteiger partial charge in [0, 0.05) is 62.8 Å². The number of rotatable bonds is 15. The summed E-state index contributed by atoms with van der Waals surface area (Å²) in [5.74, 6) is -4.99. The van der Waals surface area contributed by atoms with Crippen LogP contribution in [0.25, 0.3) is 10.9 Å². The number of amides is 4. The van der Waals surface area contributed by atoms with Gasteiger partial charge in [0.25, 0.3) is 0 Å². The maximum absolute atomic E-state index is 12.8. The molecule has 246 valence electrons. The molecule has 17 nitrogen and oxygen atoms in total. The van der Waals surface area contributed by atoms with Crippen LogP contribution in [0.2, 0.25) is 0 Å². The number of carbonyl (C=O) groups excluding carboxylic acids is 4. The first-order valence-electron chi connectivity index (χ1n) is 14.4. The molecule has 9 N–H and O–H groups in total. The molecular formula is C28H40N8O9. The van der Waals surface area contributed by atoms with Gasteiger partial charge in [-0.05, 0) is 11.6 Å². The van der Waals surface area contributed by atoms with Gasteiger partial charge in [0.05, 0.1) is 32.8 Å². The maximum atomic E-state index is 12.8. The van der Waals surface area contributed by atoms with Crippen molar-refractivity contribution in [3.63, 3.8) is 0 Å². The van der Waals surface area contributed by atoms with E-state index in [2.05, 4.69) is 20.9 Å². The summed E-state index contributed by atoms with van der Waals surface area (Å²) in [5, 5.41) is 36.2. The summed E-state index contributed by atoms with van der Waals surface area (Å²) in [7, 11) is 0. The summed E-state index contributed by atoms with van der Waals surface area (Å²) in [6.45, 7) is -0.106. The van der Waals surface area contributed by atoms with Crippen LogP contribution in [0.5, 0.6) is 0 Å². The molecule has 1 aliphatic rings. The zero-order valence-corrected chi connectivity index (χ0v) is 24.7. The minimum absolute atomic E-state index is 0.118. The number of para-hydroxylation sites is 1. The molecule has 0 bridgehead atoms. The van der Waals surface area contributed by atoms with Crippen LogP contribution in [0.1, 0.15) is 5.56 Å². The van der Waals surface area contributed by atoms with Gasteiger partial charge in [-0.2, -0.15) is 0 Å². The lowest BCUT2D eigenvalue weighted by molar-refractivity contribution is -0.140. The molecule has 1 saturated heterocycles. The van der Waals surface area contributed by atoms with Crippen molar-refractivity contribution in [3.8, 4) is 0 Å². The van der Waals surface area contributed by atoms with Crippen LogP contribution >= 0.6 is 0 Å². The molecule has 2 heterocycles. The average molecular weight is 637 g/mol. The zero-order chi connectivity index (χ0) is 32.9. The van der Waals surface area contributed by atoms with Gasteiger partial charge in [-0.15, -0.1) is 0 Å². The first kappa shape index (κ1) is 34.9. The molecule has 17 heteroatoms. The predicted octanol–water partition coefficient (Wildman–Crippen LogP) is -3.64. The molecule has 0 aliphatic carbocycles. The summed E-state index contributed by atoms with van der Waals surface area (Å²) in [5.41, 5.74) is 7.11. The van der Waals surface area contributed by atoms with Crippen LogP contribution in [0.15, 0.2) is 30.5 Å². The number of H-pyrrole nitrogens is 1. The van der Waals surface area contributed by atoms with Crippen molar-refractivity contribution in [2.24, 2.45) is 5.73 Å². The number of hydrogen-bond donors (Lipinski definition) is 8. The fraction of sp³-hybridized carbons (Fsp3) is 0.500. The molecular weight excluding hydrogens is 596 g/mol. The number of hydrogen-bond acceptors (Lipinski definition) is 10. The summed E-state index contributed by atoms with van der Waals surface area (Å²) in [6.07, 6.45) is 1.84. The molecule has 1 aromatic carbocycles. The van der Waals surface area contributed by atoms with E-state index in [-0.39, 0.29) is 26.1 Å². The van der Waals surface area contributed by atoms with Crippen LogP contribution in [0.3, 0.4) is 0 Å². The Morgan fingerprint density at radius 2 is 1.33 bits per heavy atom. The number of carbonyl (C=O) groups is 6. The van der Waals surface area contributed by atoms with Crippen molar-refractivity contribution in [3.05, 3.63) is 36.0 Å². The highest BCUT2D eigenvalue weighted by molar-refractivity contribution is 5.93. The molecule has 4 amide bonds. The summed E-state index contributed by atoms with van der Waals surface area (Å²) < 4.78 is 0. The van der Waals surface area contributed by atoms with Crippen LogP contribution in [-0.2, 0) is 35.2 Å². The van der Waals surface area contributed by atoms with Gasteiger partial charge in [-0.25, -0.2) is 0 Å². The molecule has 1 unspecified atom stereocenters. The maximum Gasteiger partial charge on any atom is 0.317 e. The normalized spacial score (nSPS) is 16.5. The molecule has 3 rings (SSSR count). The van der Waals surface area contributed by atoms with Gasteiger partial charge in [-0.3, -0.25) is 43.5 Å². The minimum atomic E-state index is -1.38. The summed E-state index contributed by atoms with van der Waals surface area (Å²) in [4.78, 5) is 80.6. The lowest BCUT2D eigenvalue weighted by Crippen LogP contribution is -2.54. The third-order valence-electron chi connectivity index (χ3n) is 7.32. The minimum Gasteiger partial charge on any atom is -0.480 e. The number of nitrogens with two attached hydrogens (primary N) is 1. The van der Waals surface area contributed by atoms with Gasteiger partial charge < -0.3 is 42.0 Å². The molecule has 0 saturated carbocycles. The van der Waals surface area contributed by atoms with Crippen molar-refractivity contribution >= 4 is 46.5 Å². The Kier molecular flexibility index (Phi) is 13.2. The highest BCUT2D eigenvalue weighted by atomic mass is 16.4. The van der Waals surface area contributed by atoms with Gasteiger partial charge in [-0.1, -0.05) is 18.2 Å². The lowest BCUT2D eigenvalue weighted by Gasteiger charge is -2.25. The third-order valence-corrected chi connectivity index (χ3v) is 7.32. The molecule has 2 aromatic rings. The number of aliphatic hydroxyl groups is 1. The second kappa shape index (κ2) is 17.0. The molecule has 1 aliphatic heterocycles. The number of primary amides is 1. The number of carboxylic acids is 2. The van der Waals surface area contributed by atoms with E-state index in [0.717, 1.165) is 16.5 Å². The van der Waals surface area contributed by atoms with E-state index in [1.54, 1.807) is 20.9 Å². The highest BCUT2D eigenvalue weighted by Crippen LogP contribution is 2.19. The van der Waals surface area contributed by atoms with Gasteiger partial charge >= 0.3 is 11.9 Å². The molecule has 2 atom stereocenters. The number of nitrogens with zero attached hydrogens (tertiary/aromatic N) is 3. The molecule has 45 heavy (non-hydrogen) atoms. The van der Waals surface area contributed by atoms with Crippen LogP contribution in [0, 0.1) is 0 Å².